The summed E-state index contributed by atoms with van der Waals surface area (Å²) >= 11 is 0. The predicted octanol–water partition coefficient (Wildman–Crippen LogP) is 3.71. The van der Waals surface area contributed by atoms with Crippen molar-refractivity contribution < 1.29 is 22.7 Å². The van der Waals surface area contributed by atoms with Crippen LogP contribution in [0.4, 0.5) is 13.2 Å². The van der Waals surface area contributed by atoms with Crippen LogP contribution in [0.5, 0.6) is 5.75 Å². The second-order valence-corrected chi connectivity index (χ2v) is 6.29. The molecule has 0 aromatic heterocycles. The van der Waals surface area contributed by atoms with Gasteiger partial charge in [0, 0.05) is 6.54 Å². The van der Waals surface area contributed by atoms with Crippen LogP contribution in [0.25, 0.3) is 0 Å². The molecule has 0 aliphatic rings. The maximum atomic E-state index is 12.6. The van der Waals surface area contributed by atoms with Crippen molar-refractivity contribution in [1.29, 1.82) is 0 Å². The van der Waals surface area contributed by atoms with Crippen LogP contribution in [-0.2, 0) is 17.6 Å². The Morgan fingerprint density at radius 3 is 2.32 bits per heavy atom. The predicted molar refractivity (Wildman–Crippen MR) is 111 cm³/mol. The van der Waals surface area contributed by atoms with E-state index in [9.17, 15) is 13.2 Å². The van der Waals surface area contributed by atoms with Crippen molar-refractivity contribution in [1.82, 2.24) is 0 Å². The number of rotatable bonds is 10. The molecule has 2 rings (SSSR count). The van der Waals surface area contributed by atoms with Crippen molar-refractivity contribution in [2.75, 3.05) is 19.7 Å². The van der Waals surface area contributed by atoms with Gasteiger partial charge in [0.25, 0.3) is 0 Å². The van der Waals surface area contributed by atoms with Crippen LogP contribution in [0.2, 0.25) is 0 Å². The van der Waals surface area contributed by atoms with Crippen molar-refractivity contribution in [2.45, 2.75) is 19.7 Å². The Balaban J connectivity index is 1.84. The Kier molecular flexibility index (Phi) is 8.94. The van der Waals surface area contributed by atoms with Crippen LogP contribution in [0, 0.1) is 0 Å². The summed E-state index contributed by atoms with van der Waals surface area (Å²) in [5, 5.41) is 14.9. The van der Waals surface area contributed by atoms with Gasteiger partial charge in [0.1, 0.15) is 19.0 Å². The highest BCUT2D eigenvalue weighted by molar-refractivity contribution is 5.98. The molecule has 0 spiro atoms. The molecule has 0 heterocycles. The van der Waals surface area contributed by atoms with Crippen molar-refractivity contribution in [3.8, 4) is 5.75 Å². The molecule has 0 bridgehead atoms. The van der Waals surface area contributed by atoms with Crippen LogP contribution in [-0.4, -0.2) is 31.2 Å². The van der Waals surface area contributed by atoms with Gasteiger partial charge < -0.3 is 21.0 Å². The lowest BCUT2D eigenvalue weighted by molar-refractivity contribution is -0.137. The Morgan fingerprint density at radius 1 is 1.03 bits per heavy atom. The number of benzene rings is 2. The van der Waals surface area contributed by atoms with Gasteiger partial charge in [-0.2, -0.15) is 18.3 Å². The van der Waals surface area contributed by atoms with Crippen LogP contribution >= 0.6 is 0 Å². The molecular formula is C20H23F3N6O2. The van der Waals surface area contributed by atoms with Gasteiger partial charge in [-0.1, -0.05) is 17.3 Å². The van der Waals surface area contributed by atoms with Crippen molar-refractivity contribution in [2.24, 2.45) is 32.1 Å². The molecule has 166 valence electrons. The summed E-state index contributed by atoms with van der Waals surface area (Å²) in [6, 6.07) is 11.8. The third-order valence-corrected chi connectivity index (χ3v) is 3.84. The van der Waals surface area contributed by atoms with Gasteiger partial charge in [-0.05, 0) is 59.7 Å². The summed E-state index contributed by atoms with van der Waals surface area (Å²) in [4.78, 5) is 5.24. The Labute approximate surface area is 177 Å². The zero-order valence-corrected chi connectivity index (χ0v) is 16.8. The summed E-state index contributed by atoms with van der Waals surface area (Å²) in [5.41, 5.74) is 12.2. The van der Waals surface area contributed by atoms with E-state index in [1.54, 1.807) is 31.2 Å². The van der Waals surface area contributed by atoms with E-state index in [-0.39, 0.29) is 19.0 Å². The van der Waals surface area contributed by atoms with E-state index in [2.05, 4.69) is 20.6 Å². The summed E-state index contributed by atoms with van der Waals surface area (Å²) in [6.07, 6.45) is -4.36. The van der Waals surface area contributed by atoms with Gasteiger partial charge in [0.15, 0.2) is 5.84 Å². The third kappa shape index (κ3) is 8.42. The lowest BCUT2D eigenvalue weighted by atomic mass is 10.1. The minimum absolute atomic E-state index is 0.0459. The lowest BCUT2D eigenvalue weighted by Crippen LogP contribution is -2.20. The molecule has 0 atom stereocenters. The summed E-state index contributed by atoms with van der Waals surface area (Å²) in [7, 11) is 0. The topological polar surface area (TPSA) is 120 Å². The highest BCUT2D eigenvalue weighted by Crippen LogP contribution is 2.29. The average molecular weight is 436 g/mol. The maximum absolute atomic E-state index is 12.6. The zero-order valence-electron chi connectivity index (χ0n) is 16.8. The van der Waals surface area contributed by atoms with E-state index in [0.717, 1.165) is 17.7 Å². The van der Waals surface area contributed by atoms with E-state index in [0.29, 0.717) is 30.1 Å². The van der Waals surface area contributed by atoms with Crippen LogP contribution in [0.3, 0.4) is 0 Å². The van der Waals surface area contributed by atoms with Gasteiger partial charge in [-0.25, -0.2) is 0 Å². The molecule has 0 radical (unpaired) electrons. The molecule has 2 aromatic rings. The van der Waals surface area contributed by atoms with Gasteiger partial charge in [0.2, 0.25) is 0 Å². The first-order valence-corrected chi connectivity index (χ1v) is 9.24. The van der Waals surface area contributed by atoms with E-state index in [1.165, 1.54) is 12.1 Å². The number of oxime groups is 1. The highest BCUT2D eigenvalue weighted by Gasteiger charge is 2.29. The van der Waals surface area contributed by atoms with E-state index in [1.807, 2.05) is 0 Å². The number of hydrogen-bond acceptors (Lipinski definition) is 6. The first-order valence-electron chi connectivity index (χ1n) is 9.24. The smallest absolute Gasteiger partial charge is 0.416 e. The molecule has 8 nitrogen and oxygen atoms in total. The SMILES string of the molecule is CC(=NOCc1ccc(C(F)(F)F)cc1)c1ccc(OCC(N)=NN=NCCN)cc1. The highest BCUT2D eigenvalue weighted by atomic mass is 19.4. The van der Waals surface area contributed by atoms with E-state index >= 15 is 0 Å². The van der Waals surface area contributed by atoms with Crippen molar-refractivity contribution in [3.63, 3.8) is 0 Å². The molecule has 0 unspecified atom stereocenters. The molecule has 11 heteroatoms. The van der Waals surface area contributed by atoms with Crippen LogP contribution in [0.1, 0.15) is 23.6 Å². The fourth-order valence-corrected chi connectivity index (χ4v) is 2.22. The molecule has 0 saturated carbocycles. The van der Waals surface area contributed by atoms with Gasteiger partial charge in [0.05, 0.1) is 17.8 Å². The number of amidine groups is 1. The fraction of sp³-hybridized carbons (Fsp3) is 0.300. The molecule has 0 aliphatic carbocycles. The second kappa shape index (κ2) is 11.6. The van der Waals surface area contributed by atoms with Crippen molar-refractivity contribution >= 4 is 11.5 Å². The first kappa shape index (κ1) is 23.8. The number of halogens is 3. The molecule has 0 aliphatic heterocycles. The Hall–Kier alpha value is -3.47. The number of nitrogens with two attached hydrogens (primary N) is 2. The Bertz CT molecular complexity index is 910. The standard InChI is InChI=1S/C20H23F3N6O2/c1-14(28-31-12-15-2-6-17(7-3-15)20(21,22)23)16-4-8-18(9-5-16)30-13-19(25)27-29-26-11-10-24/h2-9H,10-13,24H2,1H3,(H2,25,26,27). The van der Waals surface area contributed by atoms with Crippen LogP contribution < -0.4 is 16.2 Å². The average Bonchev–Trinajstić information content (AvgIpc) is 2.75. The van der Waals surface area contributed by atoms with Crippen molar-refractivity contribution in [3.05, 3.63) is 65.2 Å². The second-order valence-electron chi connectivity index (χ2n) is 6.29. The largest absolute Gasteiger partial charge is 0.486 e. The number of nitrogens with zero attached hydrogens (tertiary/aromatic N) is 4. The molecule has 2 aromatic carbocycles. The molecular weight excluding hydrogens is 413 g/mol. The lowest BCUT2D eigenvalue weighted by Gasteiger charge is -2.08. The molecule has 0 fully saturated rings. The Morgan fingerprint density at radius 2 is 1.71 bits per heavy atom. The summed E-state index contributed by atoms with van der Waals surface area (Å²) < 4.78 is 43.2. The number of ether oxygens (including phenoxy) is 1. The number of hydrogen-bond donors (Lipinski definition) is 2. The molecule has 0 amide bonds. The van der Waals surface area contributed by atoms with E-state index in [4.69, 9.17) is 21.0 Å². The molecule has 0 saturated heterocycles. The first-order chi connectivity index (χ1) is 14.8. The van der Waals surface area contributed by atoms with Gasteiger partial charge >= 0.3 is 6.18 Å². The molecule has 31 heavy (non-hydrogen) atoms. The maximum Gasteiger partial charge on any atom is 0.416 e. The number of alkyl halides is 3. The minimum atomic E-state index is -4.36. The quantitative estimate of drug-likeness (QED) is 0.255. The minimum Gasteiger partial charge on any atom is -0.486 e. The van der Waals surface area contributed by atoms with Gasteiger partial charge in [-0.15, -0.1) is 5.10 Å². The van der Waals surface area contributed by atoms with E-state index < -0.39 is 11.7 Å². The van der Waals surface area contributed by atoms with Crippen LogP contribution in [0.15, 0.2) is 69.1 Å². The fourth-order valence-electron chi connectivity index (χ4n) is 2.22. The zero-order chi connectivity index (χ0) is 22.7. The summed E-state index contributed by atoms with van der Waals surface area (Å²) in [5.74, 6) is 0.735. The van der Waals surface area contributed by atoms with Gasteiger partial charge in [-0.3, -0.25) is 0 Å². The monoisotopic (exact) mass is 436 g/mol. The molecule has 4 N–H and O–H groups in total. The normalized spacial score (nSPS) is 12.9. The third-order valence-electron chi connectivity index (χ3n) is 3.84. The summed E-state index contributed by atoms with van der Waals surface area (Å²) in [6.45, 7) is 2.60.